The molecule has 0 atom stereocenters. The van der Waals surface area contributed by atoms with Crippen LogP contribution in [0.2, 0.25) is 0 Å². The van der Waals surface area contributed by atoms with Crippen molar-refractivity contribution in [3.63, 3.8) is 0 Å². The molecule has 94 valence electrons. The van der Waals surface area contributed by atoms with Gasteiger partial charge in [-0.15, -0.1) is 0 Å². The number of hydrogen-bond donors (Lipinski definition) is 2. The Balaban J connectivity index is 2.60. The van der Waals surface area contributed by atoms with Crippen LogP contribution in [0.4, 0.5) is 5.69 Å². The number of carbonyl (C=O) groups is 1. The predicted octanol–water partition coefficient (Wildman–Crippen LogP) is 1.47. The molecule has 1 aromatic heterocycles. The summed E-state index contributed by atoms with van der Waals surface area (Å²) in [5, 5.41) is 12.9. The van der Waals surface area contributed by atoms with E-state index in [1.54, 1.807) is 25.1 Å². The van der Waals surface area contributed by atoms with Gasteiger partial charge in [-0.1, -0.05) is 0 Å². The van der Waals surface area contributed by atoms with E-state index in [1.165, 1.54) is 17.9 Å². The summed E-state index contributed by atoms with van der Waals surface area (Å²) in [4.78, 5) is 10.9. The van der Waals surface area contributed by atoms with Crippen molar-refractivity contribution >= 4 is 11.7 Å². The summed E-state index contributed by atoms with van der Waals surface area (Å²) in [5.74, 6) is -0.493. The smallest absolute Gasteiger partial charge is 0.356 e. The zero-order chi connectivity index (χ0) is 13.3. The summed E-state index contributed by atoms with van der Waals surface area (Å²) in [6.07, 6.45) is 0. The highest BCUT2D eigenvalue weighted by atomic mass is 16.5. The Hall–Kier alpha value is -2.50. The second-order valence-electron chi connectivity index (χ2n) is 3.82. The van der Waals surface area contributed by atoms with Gasteiger partial charge >= 0.3 is 5.97 Å². The Labute approximate surface area is 104 Å². The Bertz CT molecular complexity index is 605. The first-order valence-corrected chi connectivity index (χ1v) is 5.26. The summed E-state index contributed by atoms with van der Waals surface area (Å²) in [6.45, 7) is 1.77. The second kappa shape index (κ2) is 4.40. The summed E-state index contributed by atoms with van der Waals surface area (Å²) in [5.41, 5.74) is 7.56. The van der Waals surface area contributed by atoms with E-state index in [2.05, 4.69) is 5.10 Å². The molecule has 18 heavy (non-hydrogen) atoms. The van der Waals surface area contributed by atoms with Gasteiger partial charge < -0.3 is 15.6 Å². The van der Waals surface area contributed by atoms with E-state index in [-0.39, 0.29) is 5.69 Å². The fourth-order valence-corrected chi connectivity index (χ4v) is 1.70. The van der Waals surface area contributed by atoms with Crippen LogP contribution < -0.4 is 10.5 Å². The maximum absolute atomic E-state index is 10.9. The monoisotopic (exact) mass is 247 g/mol. The molecule has 0 aliphatic carbocycles. The summed E-state index contributed by atoms with van der Waals surface area (Å²) in [6, 6.07) is 6.60. The highest BCUT2D eigenvalue weighted by Gasteiger charge is 2.14. The van der Waals surface area contributed by atoms with E-state index >= 15 is 0 Å². The molecular formula is C12H13N3O3. The number of aromatic carboxylic acids is 1. The molecule has 6 nitrogen and oxygen atoms in total. The molecule has 1 heterocycles. The van der Waals surface area contributed by atoms with E-state index in [4.69, 9.17) is 15.6 Å². The van der Waals surface area contributed by atoms with E-state index in [0.29, 0.717) is 22.8 Å². The van der Waals surface area contributed by atoms with Crippen molar-refractivity contribution in [1.29, 1.82) is 0 Å². The third-order valence-electron chi connectivity index (χ3n) is 2.54. The van der Waals surface area contributed by atoms with Gasteiger partial charge in [0.15, 0.2) is 5.69 Å². The number of carboxylic acids is 1. The molecule has 3 N–H and O–H groups in total. The van der Waals surface area contributed by atoms with Gasteiger partial charge in [0, 0.05) is 11.4 Å². The molecule has 6 heteroatoms. The lowest BCUT2D eigenvalue weighted by Crippen LogP contribution is -2.04. The average molecular weight is 247 g/mol. The van der Waals surface area contributed by atoms with Crippen LogP contribution in [0.1, 0.15) is 16.2 Å². The van der Waals surface area contributed by atoms with Gasteiger partial charge in [0.05, 0.1) is 7.11 Å². The van der Waals surface area contributed by atoms with Gasteiger partial charge in [-0.25, -0.2) is 9.48 Å². The molecule has 0 radical (unpaired) electrons. The molecular weight excluding hydrogens is 234 g/mol. The van der Waals surface area contributed by atoms with Crippen LogP contribution in [0, 0.1) is 6.92 Å². The molecule has 0 aliphatic heterocycles. The molecule has 0 saturated carbocycles. The maximum Gasteiger partial charge on any atom is 0.356 e. The molecule has 0 aliphatic rings. The molecule has 0 unspecified atom stereocenters. The molecule has 0 saturated heterocycles. The predicted molar refractivity (Wildman–Crippen MR) is 66.2 cm³/mol. The van der Waals surface area contributed by atoms with Crippen molar-refractivity contribution in [3.05, 3.63) is 35.7 Å². The van der Waals surface area contributed by atoms with Crippen molar-refractivity contribution in [2.45, 2.75) is 6.92 Å². The molecule has 1 aromatic carbocycles. The van der Waals surface area contributed by atoms with Crippen molar-refractivity contribution < 1.29 is 14.6 Å². The number of anilines is 1. The first-order chi connectivity index (χ1) is 8.52. The van der Waals surface area contributed by atoms with E-state index < -0.39 is 5.97 Å². The number of nitrogens with two attached hydrogens (primary N) is 1. The minimum atomic E-state index is -1.07. The number of rotatable bonds is 3. The number of benzene rings is 1. The molecule has 0 fully saturated rings. The Kier molecular flexibility index (Phi) is 2.93. The topological polar surface area (TPSA) is 90.4 Å². The van der Waals surface area contributed by atoms with Gasteiger partial charge in [0.25, 0.3) is 0 Å². The quantitative estimate of drug-likeness (QED) is 0.801. The minimum Gasteiger partial charge on any atom is -0.494 e. The molecule has 2 rings (SSSR count). The number of hydrogen-bond acceptors (Lipinski definition) is 4. The normalized spacial score (nSPS) is 10.3. The van der Waals surface area contributed by atoms with Crippen molar-refractivity contribution in [1.82, 2.24) is 9.78 Å². The van der Waals surface area contributed by atoms with Crippen molar-refractivity contribution in [3.8, 4) is 11.4 Å². The zero-order valence-corrected chi connectivity index (χ0v) is 10.0. The SMILES string of the molecule is COc1ccc(N)cc1-n1nc(C(=O)O)cc1C. The lowest BCUT2D eigenvalue weighted by Gasteiger charge is -2.10. The van der Waals surface area contributed by atoms with Crippen molar-refractivity contribution in [2.24, 2.45) is 0 Å². The van der Waals surface area contributed by atoms with Gasteiger partial charge in [-0.3, -0.25) is 0 Å². The van der Waals surface area contributed by atoms with Crippen LogP contribution in [-0.4, -0.2) is 28.0 Å². The third-order valence-corrected chi connectivity index (χ3v) is 2.54. The second-order valence-corrected chi connectivity index (χ2v) is 3.82. The standard InChI is InChI=1S/C12H13N3O3/c1-7-5-9(12(16)17)14-15(7)10-6-8(13)3-4-11(10)18-2/h3-6H,13H2,1-2H3,(H,16,17). The maximum atomic E-state index is 10.9. The van der Waals surface area contributed by atoms with Gasteiger partial charge in [0.2, 0.25) is 0 Å². The number of aryl methyl sites for hydroxylation is 1. The number of methoxy groups -OCH3 is 1. The lowest BCUT2D eigenvalue weighted by molar-refractivity contribution is 0.0690. The van der Waals surface area contributed by atoms with Crippen LogP contribution >= 0.6 is 0 Å². The van der Waals surface area contributed by atoms with Crippen LogP contribution in [0.15, 0.2) is 24.3 Å². The van der Waals surface area contributed by atoms with Gasteiger partial charge in [0.1, 0.15) is 11.4 Å². The lowest BCUT2D eigenvalue weighted by atomic mass is 10.2. The number of aromatic nitrogens is 2. The molecule has 0 amide bonds. The number of nitrogens with zero attached hydrogens (tertiary/aromatic N) is 2. The Morgan fingerprint density at radius 1 is 1.44 bits per heavy atom. The minimum absolute atomic E-state index is 0.0167. The summed E-state index contributed by atoms with van der Waals surface area (Å²) in [7, 11) is 1.53. The van der Waals surface area contributed by atoms with E-state index in [0.717, 1.165) is 0 Å². The Morgan fingerprint density at radius 2 is 2.17 bits per heavy atom. The van der Waals surface area contributed by atoms with Gasteiger partial charge in [-0.05, 0) is 31.2 Å². The largest absolute Gasteiger partial charge is 0.494 e. The fraction of sp³-hybridized carbons (Fsp3) is 0.167. The van der Waals surface area contributed by atoms with E-state index in [1.807, 2.05) is 0 Å². The van der Waals surface area contributed by atoms with Crippen LogP contribution in [0.5, 0.6) is 5.75 Å². The molecule has 2 aromatic rings. The van der Waals surface area contributed by atoms with E-state index in [9.17, 15) is 4.79 Å². The third kappa shape index (κ3) is 2.00. The number of ether oxygens (including phenoxy) is 1. The molecule has 0 spiro atoms. The van der Waals surface area contributed by atoms with Crippen LogP contribution in [0.25, 0.3) is 5.69 Å². The molecule has 0 bridgehead atoms. The summed E-state index contributed by atoms with van der Waals surface area (Å²) < 4.78 is 6.71. The Morgan fingerprint density at radius 3 is 2.72 bits per heavy atom. The van der Waals surface area contributed by atoms with Crippen molar-refractivity contribution in [2.75, 3.05) is 12.8 Å². The highest BCUT2D eigenvalue weighted by Crippen LogP contribution is 2.26. The summed E-state index contributed by atoms with van der Waals surface area (Å²) >= 11 is 0. The zero-order valence-electron chi connectivity index (χ0n) is 10.0. The fourth-order valence-electron chi connectivity index (χ4n) is 1.70. The van der Waals surface area contributed by atoms with Gasteiger partial charge in [-0.2, -0.15) is 5.10 Å². The average Bonchev–Trinajstić information content (AvgIpc) is 2.71. The highest BCUT2D eigenvalue weighted by molar-refractivity contribution is 5.85. The number of carboxylic acid groups (broad SMARTS) is 1. The van der Waals surface area contributed by atoms with Crippen LogP contribution in [0.3, 0.4) is 0 Å². The number of nitrogen functional groups attached to an aromatic ring is 1. The van der Waals surface area contributed by atoms with Crippen LogP contribution in [-0.2, 0) is 0 Å². The first kappa shape index (κ1) is 12.0. The first-order valence-electron chi connectivity index (χ1n) is 5.26.